The van der Waals surface area contributed by atoms with Gasteiger partial charge in [-0.1, -0.05) is 30.3 Å². The average molecular weight is 511 g/mol. The number of benzene rings is 1. The predicted molar refractivity (Wildman–Crippen MR) is 129 cm³/mol. The number of hydrogen-bond donors (Lipinski definition) is 3. The molecular formula is C21H34IN7. The number of aliphatic imine (C=N–C) groups is 1. The second kappa shape index (κ2) is 10.4. The van der Waals surface area contributed by atoms with Gasteiger partial charge in [-0.05, 0) is 46.1 Å². The Kier molecular flexibility index (Phi) is 8.45. The highest BCUT2D eigenvalue weighted by atomic mass is 127. The molecule has 0 radical (unpaired) electrons. The lowest BCUT2D eigenvalue weighted by molar-refractivity contribution is 0.342. The highest BCUT2D eigenvalue weighted by Crippen LogP contribution is 2.23. The first-order valence-electron chi connectivity index (χ1n) is 10.1. The minimum absolute atomic E-state index is 0. The first-order valence-corrected chi connectivity index (χ1v) is 10.1. The molecule has 2 heterocycles. The second-order valence-electron chi connectivity index (χ2n) is 8.17. The van der Waals surface area contributed by atoms with Crippen molar-refractivity contribution < 1.29 is 0 Å². The van der Waals surface area contributed by atoms with E-state index in [1.165, 1.54) is 5.56 Å². The van der Waals surface area contributed by atoms with E-state index in [2.05, 4.69) is 76.1 Å². The molecule has 8 heteroatoms. The normalized spacial score (nSPS) is 17.8. The number of nitrogens with one attached hydrogen (secondary N) is 3. The van der Waals surface area contributed by atoms with Gasteiger partial charge in [0, 0.05) is 31.7 Å². The van der Waals surface area contributed by atoms with E-state index in [1.807, 2.05) is 17.7 Å². The first-order chi connectivity index (χ1) is 13.4. The molecule has 29 heavy (non-hydrogen) atoms. The smallest absolute Gasteiger partial charge is 0.191 e. The van der Waals surface area contributed by atoms with Crippen molar-refractivity contribution in [2.24, 2.45) is 4.99 Å². The summed E-state index contributed by atoms with van der Waals surface area (Å²) < 4.78 is 2.01. The molecule has 0 spiro atoms. The summed E-state index contributed by atoms with van der Waals surface area (Å²) in [7, 11) is 1.81. The van der Waals surface area contributed by atoms with E-state index in [9.17, 15) is 0 Å². The van der Waals surface area contributed by atoms with Gasteiger partial charge in [0.1, 0.15) is 11.6 Å². The van der Waals surface area contributed by atoms with Crippen LogP contribution < -0.4 is 16.0 Å². The van der Waals surface area contributed by atoms with Crippen LogP contribution in [-0.2, 0) is 6.54 Å². The van der Waals surface area contributed by atoms with E-state index in [4.69, 9.17) is 0 Å². The molecule has 0 saturated carbocycles. The zero-order valence-electron chi connectivity index (χ0n) is 18.1. The molecule has 160 valence electrons. The maximum Gasteiger partial charge on any atom is 0.191 e. The fourth-order valence-corrected chi connectivity index (χ4v) is 3.73. The molecule has 0 saturated heterocycles. The van der Waals surface area contributed by atoms with Gasteiger partial charge in [0.25, 0.3) is 0 Å². The monoisotopic (exact) mass is 511 g/mol. The van der Waals surface area contributed by atoms with Crippen molar-refractivity contribution in [2.75, 3.05) is 13.6 Å². The van der Waals surface area contributed by atoms with Gasteiger partial charge in [0.05, 0.1) is 6.04 Å². The van der Waals surface area contributed by atoms with Gasteiger partial charge in [-0.2, -0.15) is 5.10 Å². The van der Waals surface area contributed by atoms with Crippen molar-refractivity contribution in [3.63, 3.8) is 0 Å². The van der Waals surface area contributed by atoms with E-state index in [0.717, 1.165) is 43.5 Å². The molecule has 0 aliphatic carbocycles. The van der Waals surface area contributed by atoms with Crippen molar-refractivity contribution in [1.29, 1.82) is 0 Å². The van der Waals surface area contributed by atoms with Gasteiger partial charge >= 0.3 is 0 Å². The molecule has 2 unspecified atom stereocenters. The van der Waals surface area contributed by atoms with Gasteiger partial charge in [0.15, 0.2) is 5.96 Å². The van der Waals surface area contributed by atoms with Gasteiger partial charge in [0.2, 0.25) is 0 Å². The average Bonchev–Trinajstić information content (AvgIpc) is 3.06. The number of rotatable bonds is 6. The number of aromatic nitrogens is 3. The zero-order valence-corrected chi connectivity index (χ0v) is 20.4. The van der Waals surface area contributed by atoms with Gasteiger partial charge in [-0.25, -0.2) is 9.67 Å². The Hall–Kier alpha value is -1.68. The Morgan fingerprint density at radius 2 is 2.03 bits per heavy atom. The van der Waals surface area contributed by atoms with Crippen molar-refractivity contribution >= 4 is 29.9 Å². The van der Waals surface area contributed by atoms with Gasteiger partial charge in [-0.15, -0.1) is 24.0 Å². The van der Waals surface area contributed by atoms with Crippen LogP contribution in [0.5, 0.6) is 0 Å². The summed E-state index contributed by atoms with van der Waals surface area (Å²) in [6, 6.07) is 10.9. The fourth-order valence-electron chi connectivity index (χ4n) is 3.73. The largest absolute Gasteiger partial charge is 0.355 e. The third kappa shape index (κ3) is 6.40. The van der Waals surface area contributed by atoms with Crippen LogP contribution in [0.1, 0.15) is 62.9 Å². The number of fused-ring (bicyclic) bond motifs is 1. The summed E-state index contributed by atoms with van der Waals surface area (Å²) in [4.78, 5) is 9.01. The van der Waals surface area contributed by atoms with Crippen molar-refractivity contribution in [1.82, 2.24) is 30.7 Å². The lowest BCUT2D eigenvalue weighted by atomic mass is 10.0. The summed E-state index contributed by atoms with van der Waals surface area (Å²) in [5.74, 6) is 2.62. The quantitative estimate of drug-likeness (QED) is 0.315. The first kappa shape index (κ1) is 23.6. The van der Waals surface area contributed by atoms with Crippen LogP contribution in [0.3, 0.4) is 0 Å². The van der Waals surface area contributed by atoms with Crippen LogP contribution in [0.2, 0.25) is 0 Å². The topological polar surface area (TPSA) is 79.2 Å². The maximum atomic E-state index is 4.60. The lowest BCUT2D eigenvalue weighted by Crippen LogP contribution is -2.52. The second-order valence-corrected chi connectivity index (χ2v) is 8.17. The molecule has 2 atom stereocenters. The molecule has 2 aromatic rings. The number of nitrogens with zero attached hydrogens (tertiary/aromatic N) is 4. The Labute approximate surface area is 191 Å². The molecule has 0 fully saturated rings. The van der Waals surface area contributed by atoms with Crippen LogP contribution in [0.25, 0.3) is 0 Å². The molecule has 7 nitrogen and oxygen atoms in total. The van der Waals surface area contributed by atoms with Crippen LogP contribution in [0.4, 0.5) is 0 Å². The third-order valence-electron chi connectivity index (χ3n) is 5.12. The highest BCUT2D eigenvalue weighted by Gasteiger charge is 2.26. The van der Waals surface area contributed by atoms with Gasteiger partial charge in [-0.3, -0.25) is 4.99 Å². The number of halogens is 1. The SMILES string of the molecule is CN=C(NCC(C)(C)NC(C)c1ccccc1)NC1CCCn2nc(C)nc21.I. The van der Waals surface area contributed by atoms with Crippen molar-refractivity contribution in [2.45, 2.75) is 64.7 Å². The molecule has 3 rings (SSSR count). The molecule has 0 bridgehead atoms. The molecule has 0 amide bonds. The van der Waals surface area contributed by atoms with Crippen LogP contribution in [0, 0.1) is 6.92 Å². The van der Waals surface area contributed by atoms with E-state index in [-0.39, 0.29) is 41.6 Å². The molecule has 1 aromatic heterocycles. The molecular weight excluding hydrogens is 477 g/mol. The summed E-state index contributed by atoms with van der Waals surface area (Å²) >= 11 is 0. The Morgan fingerprint density at radius 3 is 2.72 bits per heavy atom. The zero-order chi connectivity index (χ0) is 20.1. The summed E-state index contributed by atoms with van der Waals surface area (Å²) in [6.45, 7) is 10.2. The Balaban J connectivity index is 0.00000300. The minimum Gasteiger partial charge on any atom is -0.355 e. The molecule has 3 N–H and O–H groups in total. The van der Waals surface area contributed by atoms with Crippen molar-refractivity contribution in [3.8, 4) is 0 Å². The van der Waals surface area contributed by atoms with E-state index in [0.29, 0.717) is 0 Å². The summed E-state index contributed by atoms with van der Waals surface area (Å²) in [5.41, 5.74) is 1.19. The standard InChI is InChI=1S/C21H33N7.HI/c1-15(17-10-7-6-8-11-17)26-21(3,4)14-23-20(22-5)25-18-12-9-13-28-19(18)24-16(2)27-28;/h6-8,10-11,15,18,26H,9,12-14H2,1-5H3,(H2,22,23,25);1H. The summed E-state index contributed by atoms with van der Waals surface area (Å²) in [5, 5.41) is 15.2. The molecule has 1 aromatic carbocycles. The van der Waals surface area contributed by atoms with Crippen LogP contribution in [-0.4, -0.2) is 39.9 Å². The third-order valence-corrected chi connectivity index (χ3v) is 5.12. The van der Waals surface area contributed by atoms with Crippen molar-refractivity contribution in [3.05, 3.63) is 47.5 Å². The lowest BCUT2D eigenvalue weighted by Gasteiger charge is -2.32. The van der Waals surface area contributed by atoms with E-state index >= 15 is 0 Å². The number of guanidine groups is 1. The molecule has 1 aliphatic rings. The fraction of sp³-hybridized carbons (Fsp3) is 0.571. The number of aryl methyl sites for hydroxylation is 2. The number of hydrogen-bond acceptors (Lipinski definition) is 4. The summed E-state index contributed by atoms with van der Waals surface area (Å²) in [6.07, 6.45) is 2.12. The predicted octanol–water partition coefficient (Wildman–Crippen LogP) is 3.33. The van der Waals surface area contributed by atoms with E-state index in [1.54, 1.807) is 7.05 Å². The van der Waals surface area contributed by atoms with Crippen LogP contribution in [0.15, 0.2) is 35.3 Å². The Bertz CT molecular complexity index is 801. The van der Waals surface area contributed by atoms with E-state index < -0.39 is 0 Å². The highest BCUT2D eigenvalue weighted by molar-refractivity contribution is 14.0. The maximum absolute atomic E-state index is 4.60. The minimum atomic E-state index is -0.101. The van der Waals surface area contributed by atoms with Gasteiger partial charge < -0.3 is 16.0 Å². The Morgan fingerprint density at radius 1 is 1.31 bits per heavy atom. The molecule has 1 aliphatic heterocycles. The van der Waals surface area contributed by atoms with Crippen LogP contribution >= 0.6 is 24.0 Å².